The number of nitrogens with two attached hydrogens (primary N) is 1. The number of carbonyl (C=O) groups is 1. The number of nitro groups is 1. The highest BCUT2D eigenvalue weighted by atomic mass is 16.6. The second-order valence-corrected chi connectivity index (χ2v) is 4.31. The summed E-state index contributed by atoms with van der Waals surface area (Å²) in [6.45, 7) is 7.26. The number of carbonyl (C=O) groups excluding carboxylic acids is 1. The van der Waals surface area contributed by atoms with Gasteiger partial charge < -0.3 is 16.0 Å². The Morgan fingerprint density at radius 2 is 2.05 bits per heavy atom. The van der Waals surface area contributed by atoms with Crippen LogP contribution in [0.4, 0.5) is 11.4 Å². The lowest BCUT2D eigenvalue weighted by atomic mass is 10.1. The van der Waals surface area contributed by atoms with E-state index in [4.69, 9.17) is 5.73 Å². The van der Waals surface area contributed by atoms with Crippen LogP contribution in [0.15, 0.2) is 18.2 Å². The first-order valence-corrected chi connectivity index (χ1v) is 6.54. The zero-order valence-electron chi connectivity index (χ0n) is 11.8. The highest BCUT2D eigenvalue weighted by molar-refractivity contribution is 5.95. The summed E-state index contributed by atoms with van der Waals surface area (Å²) in [4.78, 5) is 24.1. The Morgan fingerprint density at radius 1 is 1.40 bits per heavy atom. The van der Waals surface area contributed by atoms with Gasteiger partial charge in [-0.2, -0.15) is 0 Å². The Kier molecular flexibility index (Phi) is 5.92. The third kappa shape index (κ3) is 4.20. The molecule has 0 saturated heterocycles. The van der Waals surface area contributed by atoms with Crippen LogP contribution in [-0.4, -0.2) is 41.9 Å². The van der Waals surface area contributed by atoms with E-state index in [1.807, 2.05) is 0 Å². The van der Waals surface area contributed by atoms with E-state index in [1.165, 1.54) is 18.2 Å². The molecule has 3 N–H and O–H groups in total. The van der Waals surface area contributed by atoms with Crippen molar-refractivity contribution in [2.45, 2.75) is 13.8 Å². The number of nitrogen functional groups attached to an aromatic ring is 1. The predicted octanol–water partition coefficient (Wildman–Crippen LogP) is 1.25. The van der Waals surface area contributed by atoms with E-state index in [0.717, 1.165) is 19.6 Å². The lowest BCUT2D eigenvalue weighted by molar-refractivity contribution is -0.383. The molecule has 7 nitrogen and oxygen atoms in total. The van der Waals surface area contributed by atoms with E-state index in [-0.39, 0.29) is 17.3 Å². The van der Waals surface area contributed by atoms with Crippen molar-refractivity contribution in [3.8, 4) is 0 Å². The lowest BCUT2D eigenvalue weighted by Gasteiger charge is -2.17. The van der Waals surface area contributed by atoms with Gasteiger partial charge in [-0.1, -0.05) is 13.8 Å². The van der Waals surface area contributed by atoms with Crippen molar-refractivity contribution < 1.29 is 9.72 Å². The fourth-order valence-electron chi connectivity index (χ4n) is 1.83. The van der Waals surface area contributed by atoms with Crippen LogP contribution >= 0.6 is 0 Å². The van der Waals surface area contributed by atoms with Crippen molar-refractivity contribution in [3.63, 3.8) is 0 Å². The van der Waals surface area contributed by atoms with E-state index in [2.05, 4.69) is 24.1 Å². The number of anilines is 1. The van der Waals surface area contributed by atoms with Gasteiger partial charge in [-0.25, -0.2) is 0 Å². The van der Waals surface area contributed by atoms with E-state index in [0.29, 0.717) is 12.1 Å². The van der Waals surface area contributed by atoms with Crippen molar-refractivity contribution in [3.05, 3.63) is 33.9 Å². The molecule has 0 aliphatic carbocycles. The van der Waals surface area contributed by atoms with E-state index in [1.54, 1.807) is 0 Å². The number of amides is 1. The molecule has 7 heteroatoms. The molecule has 0 aromatic heterocycles. The Labute approximate surface area is 117 Å². The normalized spacial score (nSPS) is 10.6. The predicted molar refractivity (Wildman–Crippen MR) is 77.6 cm³/mol. The first kappa shape index (κ1) is 15.9. The summed E-state index contributed by atoms with van der Waals surface area (Å²) in [6, 6.07) is 3.97. The highest BCUT2D eigenvalue weighted by Gasteiger charge is 2.14. The number of nitrogens with one attached hydrogen (secondary N) is 1. The van der Waals surface area contributed by atoms with Crippen LogP contribution < -0.4 is 11.1 Å². The molecule has 20 heavy (non-hydrogen) atoms. The minimum Gasteiger partial charge on any atom is -0.393 e. The number of benzene rings is 1. The van der Waals surface area contributed by atoms with Crippen LogP contribution in [0.3, 0.4) is 0 Å². The van der Waals surface area contributed by atoms with E-state index >= 15 is 0 Å². The maximum atomic E-state index is 11.9. The maximum absolute atomic E-state index is 11.9. The smallest absolute Gasteiger partial charge is 0.292 e. The van der Waals surface area contributed by atoms with Gasteiger partial charge in [-0.3, -0.25) is 14.9 Å². The number of hydrogen-bond acceptors (Lipinski definition) is 5. The standard InChI is InChI=1S/C13H20N4O3/c1-3-16(4-2)8-7-15-13(18)10-5-6-12(17(19)20)11(14)9-10/h5-6,9H,3-4,7-8,14H2,1-2H3,(H,15,18). The fourth-order valence-corrected chi connectivity index (χ4v) is 1.83. The highest BCUT2D eigenvalue weighted by Crippen LogP contribution is 2.21. The van der Waals surface area contributed by atoms with Gasteiger partial charge in [-0.05, 0) is 25.2 Å². The molecule has 0 unspecified atom stereocenters. The number of nitrogens with zero attached hydrogens (tertiary/aromatic N) is 2. The Bertz CT molecular complexity index is 487. The molecule has 0 heterocycles. The van der Waals surface area contributed by atoms with Gasteiger partial charge in [0.25, 0.3) is 11.6 Å². The minimum atomic E-state index is -0.572. The fraction of sp³-hybridized carbons (Fsp3) is 0.462. The SMILES string of the molecule is CCN(CC)CCNC(=O)c1ccc([N+](=O)[O-])c(N)c1. The average Bonchev–Trinajstić information content (AvgIpc) is 2.42. The van der Waals surface area contributed by atoms with Crippen LogP contribution in [0.5, 0.6) is 0 Å². The largest absolute Gasteiger partial charge is 0.393 e. The third-order valence-corrected chi connectivity index (χ3v) is 3.09. The summed E-state index contributed by atoms with van der Waals surface area (Å²) in [5, 5.41) is 13.4. The van der Waals surface area contributed by atoms with Crippen molar-refractivity contribution in [2.75, 3.05) is 31.9 Å². The second-order valence-electron chi connectivity index (χ2n) is 4.31. The summed E-state index contributed by atoms with van der Waals surface area (Å²) in [5.74, 6) is -0.279. The first-order chi connectivity index (χ1) is 9.49. The van der Waals surface area contributed by atoms with Crippen LogP contribution in [0, 0.1) is 10.1 Å². The molecule has 0 atom stereocenters. The van der Waals surface area contributed by atoms with Gasteiger partial charge in [0.1, 0.15) is 5.69 Å². The Morgan fingerprint density at radius 3 is 2.55 bits per heavy atom. The Balaban J connectivity index is 2.60. The number of likely N-dealkylation sites (N-methyl/N-ethyl adjacent to an activating group) is 1. The molecule has 0 bridgehead atoms. The zero-order chi connectivity index (χ0) is 15.1. The molecule has 0 aliphatic rings. The van der Waals surface area contributed by atoms with Gasteiger partial charge in [-0.15, -0.1) is 0 Å². The summed E-state index contributed by atoms with van der Waals surface area (Å²) in [7, 11) is 0. The van der Waals surface area contributed by atoms with E-state index < -0.39 is 4.92 Å². The summed E-state index contributed by atoms with van der Waals surface area (Å²) in [5.41, 5.74) is 5.68. The average molecular weight is 280 g/mol. The zero-order valence-corrected chi connectivity index (χ0v) is 11.8. The van der Waals surface area contributed by atoms with E-state index in [9.17, 15) is 14.9 Å². The van der Waals surface area contributed by atoms with Gasteiger partial charge in [0.05, 0.1) is 4.92 Å². The van der Waals surface area contributed by atoms with Crippen LogP contribution in [0.1, 0.15) is 24.2 Å². The van der Waals surface area contributed by atoms with Gasteiger partial charge in [0, 0.05) is 24.7 Å². The topological polar surface area (TPSA) is 102 Å². The molecule has 1 aromatic carbocycles. The third-order valence-electron chi connectivity index (χ3n) is 3.09. The number of rotatable bonds is 7. The molecule has 0 fully saturated rings. The van der Waals surface area contributed by atoms with Crippen LogP contribution in [0.2, 0.25) is 0 Å². The second kappa shape index (κ2) is 7.44. The molecular weight excluding hydrogens is 260 g/mol. The molecule has 0 radical (unpaired) electrons. The monoisotopic (exact) mass is 280 g/mol. The van der Waals surface area contributed by atoms with Crippen molar-refractivity contribution in [1.29, 1.82) is 0 Å². The summed E-state index contributed by atoms with van der Waals surface area (Å²) >= 11 is 0. The molecule has 1 amide bonds. The van der Waals surface area contributed by atoms with Crippen LogP contribution in [-0.2, 0) is 0 Å². The van der Waals surface area contributed by atoms with Gasteiger partial charge in [0.2, 0.25) is 0 Å². The van der Waals surface area contributed by atoms with Crippen molar-refractivity contribution in [1.82, 2.24) is 10.2 Å². The molecule has 110 valence electrons. The molecule has 0 saturated carbocycles. The number of nitro benzene ring substituents is 1. The molecular formula is C13H20N4O3. The maximum Gasteiger partial charge on any atom is 0.292 e. The lowest BCUT2D eigenvalue weighted by Crippen LogP contribution is -2.34. The van der Waals surface area contributed by atoms with Gasteiger partial charge in [0.15, 0.2) is 0 Å². The van der Waals surface area contributed by atoms with Gasteiger partial charge >= 0.3 is 0 Å². The minimum absolute atomic E-state index is 0.00797. The first-order valence-electron chi connectivity index (χ1n) is 6.54. The molecule has 0 spiro atoms. The molecule has 1 rings (SSSR count). The summed E-state index contributed by atoms with van der Waals surface area (Å²) < 4.78 is 0. The van der Waals surface area contributed by atoms with Crippen molar-refractivity contribution in [2.24, 2.45) is 0 Å². The molecule has 0 aliphatic heterocycles. The number of hydrogen-bond donors (Lipinski definition) is 2. The molecule has 1 aromatic rings. The quantitative estimate of drug-likeness (QED) is 0.444. The Hall–Kier alpha value is -2.15. The van der Waals surface area contributed by atoms with Crippen molar-refractivity contribution >= 4 is 17.3 Å². The van der Waals surface area contributed by atoms with Crippen LogP contribution in [0.25, 0.3) is 0 Å². The summed E-state index contributed by atoms with van der Waals surface area (Å²) in [6.07, 6.45) is 0.